The van der Waals surface area contributed by atoms with Crippen LogP contribution in [0.1, 0.15) is 39.5 Å². The van der Waals surface area contributed by atoms with Gasteiger partial charge in [0.2, 0.25) is 0 Å². The van der Waals surface area contributed by atoms with Gasteiger partial charge >= 0.3 is 0 Å². The fourth-order valence-electron chi connectivity index (χ4n) is 0.859. The predicted octanol–water partition coefficient (Wildman–Crippen LogP) is 3.13. The van der Waals surface area contributed by atoms with Crippen molar-refractivity contribution in [3.8, 4) is 0 Å². The summed E-state index contributed by atoms with van der Waals surface area (Å²) in [5.74, 6) is 0. The molecule has 0 N–H and O–H groups in total. The van der Waals surface area contributed by atoms with Crippen LogP contribution in [0.4, 0.5) is 0 Å². The van der Waals surface area contributed by atoms with Gasteiger partial charge in [-0.2, -0.15) is 0 Å². The van der Waals surface area contributed by atoms with Crippen LogP contribution < -0.4 is 0 Å². The van der Waals surface area contributed by atoms with Crippen molar-refractivity contribution in [3.63, 3.8) is 0 Å². The largest absolute Gasteiger partial charge is 0.355 e. The molecule has 13 heavy (non-hydrogen) atoms. The van der Waals surface area contributed by atoms with Crippen molar-refractivity contribution in [1.82, 2.24) is 0 Å². The fourth-order valence-corrected chi connectivity index (χ4v) is 0.859. The van der Waals surface area contributed by atoms with Crippen LogP contribution in [0.15, 0.2) is 12.2 Å². The van der Waals surface area contributed by atoms with E-state index in [1.165, 1.54) is 6.42 Å². The highest BCUT2D eigenvalue weighted by Crippen LogP contribution is 1.90. The summed E-state index contributed by atoms with van der Waals surface area (Å²) in [6, 6.07) is 0. The zero-order valence-corrected chi connectivity index (χ0v) is 8.92. The number of hydrogen-bond acceptors (Lipinski definition) is 2. The topological polar surface area (TPSA) is 18.5 Å². The predicted molar refractivity (Wildman–Crippen MR) is 55.7 cm³/mol. The van der Waals surface area contributed by atoms with Crippen molar-refractivity contribution in [2.24, 2.45) is 0 Å². The van der Waals surface area contributed by atoms with Gasteiger partial charge in [-0.15, -0.1) is 0 Å². The molecule has 0 radical (unpaired) electrons. The molecule has 0 bridgehead atoms. The van der Waals surface area contributed by atoms with Crippen molar-refractivity contribution < 1.29 is 9.47 Å². The van der Waals surface area contributed by atoms with Crippen molar-refractivity contribution in [1.29, 1.82) is 0 Å². The molecular weight excluding hydrogens is 164 g/mol. The molecule has 0 unspecified atom stereocenters. The Balaban J connectivity index is 2.87. The van der Waals surface area contributed by atoms with E-state index in [2.05, 4.69) is 26.0 Å². The first-order valence-electron chi connectivity index (χ1n) is 5.22. The third-order valence-electron chi connectivity index (χ3n) is 1.64. The van der Waals surface area contributed by atoms with E-state index < -0.39 is 0 Å². The van der Waals surface area contributed by atoms with E-state index >= 15 is 0 Å². The van der Waals surface area contributed by atoms with Gasteiger partial charge in [0.15, 0.2) is 0 Å². The van der Waals surface area contributed by atoms with E-state index in [0.29, 0.717) is 6.79 Å². The maximum Gasteiger partial charge on any atom is 0.146 e. The molecule has 0 rings (SSSR count). The third kappa shape index (κ3) is 11.7. The Kier molecular flexibility index (Phi) is 11.4. The summed E-state index contributed by atoms with van der Waals surface area (Å²) in [5, 5.41) is 0. The molecule has 0 amide bonds. The van der Waals surface area contributed by atoms with Crippen molar-refractivity contribution in [2.45, 2.75) is 39.5 Å². The molecule has 78 valence electrons. The van der Waals surface area contributed by atoms with E-state index in [9.17, 15) is 0 Å². The summed E-state index contributed by atoms with van der Waals surface area (Å²) in [7, 11) is 0. The lowest BCUT2D eigenvalue weighted by Gasteiger charge is -2.03. The van der Waals surface area contributed by atoms with E-state index in [4.69, 9.17) is 9.47 Å². The molecule has 0 aliphatic carbocycles. The Bertz CT molecular complexity index is 111. The molecule has 0 heterocycles. The molecule has 0 atom stereocenters. The summed E-state index contributed by atoms with van der Waals surface area (Å²) in [6.45, 7) is 6.31. The number of hydrogen-bond donors (Lipinski definition) is 0. The third-order valence-corrected chi connectivity index (χ3v) is 1.64. The highest BCUT2D eigenvalue weighted by atomic mass is 16.7. The maximum absolute atomic E-state index is 5.25. The van der Waals surface area contributed by atoms with Crippen LogP contribution in [0, 0.1) is 0 Å². The van der Waals surface area contributed by atoms with Gasteiger partial charge in [-0.25, -0.2) is 0 Å². The van der Waals surface area contributed by atoms with E-state index in [1.807, 2.05) is 0 Å². The van der Waals surface area contributed by atoms with Gasteiger partial charge in [0, 0.05) is 6.61 Å². The van der Waals surface area contributed by atoms with E-state index in [0.717, 1.165) is 32.5 Å². The Morgan fingerprint density at radius 2 is 1.77 bits per heavy atom. The zero-order valence-electron chi connectivity index (χ0n) is 8.92. The second kappa shape index (κ2) is 11.7. The highest BCUT2D eigenvalue weighted by molar-refractivity contribution is 4.79. The molecule has 0 aliphatic heterocycles. The standard InChI is InChI=1S/C11H22O2/c1-3-5-7-8-10-13-11-12-9-6-4-2/h5,7H,3-4,6,8-11H2,1-2H3. The van der Waals surface area contributed by atoms with Gasteiger partial charge in [0.05, 0.1) is 6.61 Å². The van der Waals surface area contributed by atoms with Gasteiger partial charge in [0.25, 0.3) is 0 Å². The lowest BCUT2D eigenvalue weighted by atomic mass is 10.3. The van der Waals surface area contributed by atoms with Crippen LogP contribution in [0.3, 0.4) is 0 Å². The molecule has 0 aromatic carbocycles. The van der Waals surface area contributed by atoms with E-state index in [1.54, 1.807) is 0 Å². The SMILES string of the molecule is CCC=CCCOCOCCCC. The molecule has 2 heteroatoms. The van der Waals surface area contributed by atoms with Crippen LogP contribution in [-0.2, 0) is 9.47 Å². The quantitative estimate of drug-likeness (QED) is 0.313. The smallest absolute Gasteiger partial charge is 0.146 e. The Labute approximate surface area is 81.9 Å². The highest BCUT2D eigenvalue weighted by Gasteiger charge is 1.86. The first kappa shape index (κ1) is 12.7. The van der Waals surface area contributed by atoms with Crippen LogP contribution in [0.2, 0.25) is 0 Å². The number of allylic oxidation sites excluding steroid dienone is 1. The van der Waals surface area contributed by atoms with Crippen LogP contribution in [0.5, 0.6) is 0 Å². The minimum absolute atomic E-state index is 0.444. The maximum atomic E-state index is 5.25. The van der Waals surface area contributed by atoms with Gasteiger partial charge < -0.3 is 9.47 Å². The van der Waals surface area contributed by atoms with Gasteiger partial charge in [-0.1, -0.05) is 32.4 Å². The molecule has 0 aromatic heterocycles. The fraction of sp³-hybridized carbons (Fsp3) is 0.818. The molecule has 0 saturated heterocycles. The molecule has 2 nitrogen and oxygen atoms in total. The Morgan fingerprint density at radius 1 is 1.00 bits per heavy atom. The minimum atomic E-state index is 0.444. The van der Waals surface area contributed by atoms with Gasteiger partial charge in [-0.3, -0.25) is 0 Å². The molecule has 0 aromatic rings. The molecule has 0 fully saturated rings. The van der Waals surface area contributed by atoms with Crippen LogP contribution >= 0.6 is 0 Å². The average Bonchev–Trinajstić information content (AvgIpc) is 2.16. The minimum Gasteiger partial charge on any atom is -0.355 e. The summed E-state index contributed by atoms with van der Waals surface area (Å²) < 4.78 is 10.5. The van der Waals surface area contributed by atoms with E-state index in [-0.39, 0.29) is 0 Å². The summed E-state index contributed by atoms with van der Waals surface area (Å²) in [5.41, 5.74) is 0. The lowest BCUT2D eigenvalue weighted by Crippen LogP contribution is -2.01. The normalized spacial score (nSPS) is 11.2. The second-order valence-electron chi connectivity index (χ2n) is 2.96. The summed E-state index contributed by atoms with van der Waals surface area (Å²) in [6.07, 6.45) is 8.70. The molecular formula is C11H22O2. The summed E-state index contributed by atoms with van der Waals surface area (Å²) in [4.78, 5) is 0. The monoisotopic (exact) mass is 186 g/mol. The number of unbranched alkanes of at least 4 members (excludes halogenated alkanes) is 1. The molecule has 0 aliphatic rings. The Morgan fingerprint density at radius 3 is 2.46 bits per heavy atom. The lowest BCUT2D eigenvalue weighted by molar-refractivity contribution is -0.0528. The van der Waals surface area contributed by atoms with Gasteiger partial charge in [-0.05, 0) is 19.3 Å². The number of ether oxygens (including phenoxy) is 2. The summed E-state index contributed by atoms with van der Waals surface area (Å²) >= 11 is 0. The second-order valence-corrected chi connectivity index (χ2v) is 2.96. The van der Waals surface area contributed by atoms with Gasteiger partial charge in [0.1, 0.15) is 6.79 Å². The first-order chi connectivity index (χ1) is 6.41. The van der Waals surface area contributed by atoms with Crippen LogP contribution in [-0.4, -0.2) is 20.0 Å². The zero-order chi connectivity index (χ0) is 9.78. The first-order valence-corrected chi connectivity index (χ1v) is 5.22. The average molecular weight is 186 g/mol. The van der Waals surface area contributed by atoms with Crippen LogP contribution in [0.25, 0.3) is 0 Å². The molecule has 0 spiro atoms. The number of rotatable bonds is 9. The molecule has 0 saturated carbocycles. The Hall–Kier alpha value is -0.340. The van der Waals surface area contributed by atoms with Crippen molar-refractivity contribution >= 4 is 0 Å². The van der Waals surface area contributed by atoms with Crippen molar-refractivity contribution in [2.75, 3.05) is 20.0 Å². The van der Waals surface area contributed by atoms with Crippen molar-refractivity contribution in [3.05, 3.63) is 12.2 Å².